The minimum atomic E-state index is 0.698. The predicted octanol–water partition coefficient (Wildman–Crippen LogP) is 2.95. The van der Waals surface area contributed by atoms with Crippen LogP contribution in [0.1, 0.15) is 18.1 Å². The summed E-state index contributed by atoms with van der Waals surface area (Å²) in [6.07, 6.45) is 5.24. The van der Waals surface area contributed by atoms with E-state index >= 15 is 0 Å². The third-order valence-corrected chi connectivity index (χ3v) is 1.89. The predicted molar refractivity (Wildman–Crippen MR) is 55.7 cm³/mol. The van der Waals surface area contributed by atoms with E-state index in [0.717, 1.165) is 6.42 Å². The molecule has 0 spiro atoms. The Balaban J connectivity index is 2.67. The van der Waals surface area contributed by atoms with Crippen LogP contribution in [-0.2, 0) is 17.8 Å². The smallest absolute Gasteiger partial charge is 0.0713 e. The van der Waals surface area contributed by atoms with Crippen LogP contribution in [0.15, 0.2) is 36.4 Å². The van der Waals surface area contributed by atoms with Gasteiger partial charge in [0.2, 0.25) is 0 Å². The van der Waals surface area contributed by atoms with E-state index in [2.05, 4.69) is 36.4 Å². The van der Waals surface area contributed by atoms with Gasteiger partial charge in [0.05, 0.1) is 6.61 Å². The molecule has 0 heterocycles. The number of allylic oxidation sites excluding steroid dienone is 2. The van der Waals surface area contributed by atoms with E-state index in [0.29, 0.717) is 6.61 Å². The number of ether oxygens (including phenoxy) is 1. The molecule has 0 atom stereocenters. The van der Waals surface area contributed by atoms with Gasteiger partial charge in [0.1, 0.15) is 0 Å². The first kappa shape index (κ1) is 10.0. The van der Waals surface area contributed by atoms with Crippen LogP contribution >= 0.6 is 0 Å². The first-order valence-corrected chi connectivity index (χ1v) is 4.54. The summed E-state index contributed by atoms with van der Waals surface area (Å²) in [7, 11) is 1.72. The highest BCUT2D eigenvalue weighted by Crippen LogP contribution is 2.07. The number of methoxy groups -OCH3 is 1. The Bertz CT molecular complexity index is 276. The third-order valence-electron chi connectivity index (χ3n) is 1.89. The van der Waals surface area contributed by atoms with Crippen molar-refractivity contribution in [3.05, 3.63) is 47.5 Å². The Morgan fingerprint density at radius 1 is 1.31 bits per heavy atom. The van der Waals surface area contributed by atoms with Gasteiger partial charge in [0.15, 0.2) is 0 Å². The fourth-order valence-electron chi connectivity index (χ4n) is 1.27. The maximum atomic E-state index is 5.07. The molecule has 0 bridgehead atoms. The van der Waals surface area contributed by atoms with Crippen LogP contribution in [0.3, 0.4) is 0 Å². The van der Waals surface area contributed by atoms with Crippen molar-refractivity contribution in [2.45, 2.75) is 20.0 Å². The van der Waals surface area contributed by atoms with Gasteiger partial charge in [-0.1, -0.05) is 36.4 Å². The molecule has 1 aromatic carbocycles. The molecule has 13 heavy (non-hydrogen) atoms. The van der Waals surface area contributed by atoms with Gasteiger partial charge in [0.25, 0.3) is 0 Å². The molecule has 0 fully saturated rings. The van der Waals surface area contributed by atoms with Gasteiger partial charge in [-0.25, -0.2) is 0 Å². The maximum Gasteiger partial charge on any atom is 0.0713 e. The first-order valence-electron chi connectivity index (χ1n) is 4.54. The van der Waals surface area contributed by atoms with Gasteiger partial charge in [-0.05, 0) is 24.5 Å². The topological polar surface area (TPSA) is 9.23 Å². The average molecular weight is 176 g/mol. The minimum absolute atomic E-state index is 0.698. The molecular weight excluding hydrogens is 160 g/mol. The lowest BCUT2D eigenvalue weighted by molar-refractivity contribution is 0.185. The van der Waals surface area contributed by atoms with Crippen LogP contribution in [-0.4, -0.2) is 7.11 Å². The highest BCUT2D eigenvalue weighted by Gasteiger charge is 1.93. The fourth-order valence-corrected chi connectivity index (χ4v) is 1.27. The maximum absolute atomic E-state index is 5.07. The zero-order chi connectivity index (χ0) is 9.52. The van der Waals surface area contributed by atoms with Gasteiger partial charge >= 0.3 is 0 Å². The van der Waals surface area contributed by atoms with Crippen LogP contribution in [0.5, 0.6) is 0 Å². The van der Waals surface area contributed by atoms with Crippen LogP contribution in [0, 0.1) is 0 Å². The van der Waals surface area contributed by atoms with E-state index in [-0.39, 0.29) is 0 Å². The zero-order valence-corrected chi connectivity index (χ0v) is 8.29. The Morgan fingerprint density at radius 3 is 2.77 bits per heavy atom. The average Bonchev–Trinajstić information content (AvgIpc) is 2.16. The second-order valence-corrected chi connectivity index (χ2v) is 3.03. The molecule has 0 saturated heterocycles. The monoisotopic (exact) mass is 176 g/mol. The highest BCUT2D eigenvalue weighted by molar-refractivity contribution is 5.24. The quantitative estimate of drug-likeness (QED) is 0.641. The normalized spacial score (nSPS) is 10.9. The Kier molecular flexibility index (Phi) is 4.27. The summed E-state index contributed by atoms with van der Waals surface area (Å²) in [6, 6.07) is 8.48. The summed E-state index contributed by atoms with van der Waals surface area (Å²) in [5, 5.41) is 0. The van der Waals surface area contributed by atoms with Gasteiger partial charge < -0.3 is 4.74 Å². The number of benzene rings is 1. The molecule has 1 heteroatoms. The molecule has 0 aliphatic heterocycles. The number of rotatable bonds is 4. The van der Waals surface area contributed by atoms with Gasteiger partial charge in [-0.15, -0.1) is 0 Å². The number of hydrogen-bond donors (Lipinski definition) is 0. The van der Waals surface area contributed by atoms with Crippen LogP contribution < -0.4 is 0 Å². The minimum Gasteiger partial charge on any atom is -0.380 e. The van der Waals surface area contributed by atoms with Crippen LogP contribution in [0.2, 0.25) is 0 Å². The lowest BCUT2D eigenvalue weighted by atomic mass is 10.1. The van der Waals surface area contributed by atoms with Crippen molar-refractivity contribution in [3.8, 4) is 0 Å². The van der Waals surface area contributed by atoms with E-state index < -0.39 is 0 Å². The molecule has 0 aliphatic rings. The molecule has 1 nitrogen and oxygen atoms in total. The lowest BCUT2D eigenvalue weighted by Gasteiger charge is -2.01. The molecule has 0 amide bonds. The summed E-state index contributed by atoms with van der Waals surface area (Å²) >= 11 is 0. The van der Waals surface area contributed by atoms with Gasteiger partial charge in [0, 0.05) is 7.11 Å². The molecule has 1 aromatic rings. The SMILES string of the molecule is CC=CCc1cccc(COC)c1. The zero-order valence-electron chi connectivity index (χ0n) is 8.29. The number of hydrogen-bond acceptors (Lipinski definition) is 1. The summed E-state index contributed by atoms with van der Waals surface area (Å²) < 4.78 is 5.07. The lowest BCUT2D eigenvalue weighted by Crippen LogP contribution is -1.89. The van der Waals surface area contributed by atoms with Crippen molar-refractivity contribution in [2.24, 2.45) is 0 Å². The van der Waals surface area contributed by atoms with Crippen molar-refractivity contribution >= 4 is 0 Å². The van der Waals surface area contributed by atoms with Gasteiger partial charge in [-0.2, -0.15) is 0 Å². The Hall–Kier alpha value is -1.08. The van der Waals surface area contributed by atoms with E-state index in [1.807, 2.05) is 6.92 Å². The Labute approximate surface area is 80.0 Å². The summed E-state index contributed by atoms with van der Waals surface area (Å²) in [4.78, 5) is 0. The summed E-state index contributed by atoms with van der Waals surface area (Å²) in [6.45, 7) is 2.74. The van der Waals surface area contributed by atoms with Crippen molar-refractivity contribution in [2.75, 3.05) is 7.11 Å². The molecule has 0 aliphatic carbocycles. The summed E-state index contributed by atoms with van der Waals surface area (Å²) in [5.74, 6) is 0. The van der Waals surface area contributed by atoms with Crippen LogP contribution in [0.4, 0.5) is 0 Å². The standard InChI is InChI=1S/C12H16O/c1-3-4-6-11-7-5-8-12(9-11)10-13-2/h3-5,7-9H,6,10H2,1-2H3. The molecule has 0 aromatic heterocycles. The van der Waals surface area contributed by atoms with E-state index in [1.165, 1.54) is 11.1 Å². The van der Waals surface area contributed by atoms with E-state index in [4.69, 9.17) is 4.74 Å². The van der Waals surface area contributed by atoms with Crippen molar-refractivity contribution < 1.29 is 4.74 Å². The molecular formula is C12H16O. The molecule has 0 radical (unpaired) electrons. The van der Waals surface area contributed by atoms with E-state index in [9.17, 15) is 0 Å². The van der Waals surface area contributed by atoms with E-state index in [1.54, 1.807) is 7.11 Å². The molecule has 0 unspecified atom stereocenters. The molecule has 1 rings (SSSR count). The fraction of sp³-hybridized carbons (Fsp3) is 0.333. The van der Waals surface area contributed by atoms with Crippen molar-refractivity contribution in [3.63, 3.8) is 0 Å². The largest absolute Gasteiger partial charge is 0.380 e. The van der Waals surface area contributed by atoms with Crippen molar-refractivity contribution in [1.29, 1.82) is 0 Å². The molecule has 0 saturated carbocycles. The Morgan fingerprint density at radius 2 is 2.08 bits per heavy atom. The second-order valence-electron chi connectivity index (χ2n) is 3.03. The first-order chi connectivity index (χ1) is 6.36. The summed E-state index contributed by atoms with van der Waals surface area (Å²) in [5.41, 5.74) is 2.58. The second kappa shape index (κ2) is 5.55. The van der Waals surface area contributed by atoms with Gasteiger partial charge in [-0.3, -0.25) is 0 Å². The van der Waals surface area contributed by atoms with Crippen molar-refractivity contribution in [1.82, 2.24) is 0 Å². The van der Waals surface area contributed by atoms with Crippen LogP contribution in [0.25, 0.3) is 0 Å². The molecule has 0 N–H and O–H groups in total. The molecule has 70 valence electrons. The highest BCUT2D eigenvalue weighted by atomic mass is 16.5. The third kappa shape index (κ3) is 3.43.